The van der Waals surface area contributed by atoms with E-state index in [4.69, 9.17) is 9.57 Å². The molecule has 0 fully saturated rings. The number of anilines is 1. The Hall–Kier alpha value is -3.35. The number of fused-ring (bicyclic) bond motifs is 1. The van der Waals surface area contributed by atoms with Crippen molar-refractivity contribution in [2.24, 2.45) is 5.16 Å². The summed E-state index contributed by atoms with van der Waals surface area (Å²) < 4.78 is 5.48. The minimum Gasteiger partial charge on any atom is -0.493 e. The fourth-order valence-corrected chi connectivity index (χ4v) is 2.73. The summed E-state index contributed by atoms with van der Waals surface area (Å²) in [4.78, 5) is 28.8. The van der Waals surface area contributed by atoms with Gasteiger partial charge in [0.15, 0.2) is 6.61 Å². The highest BCUT2D eigenvalue weighted by atomic mass is 16.6. The Bertz CT molecular complexity index is 893. The van der Waals surface area contributed by atoms with Crippen LogP contribution in [-0.4, -0.2) is 37.8 Å². The number of nitrogens with one attached hydrogen (secondary N) is 2. The first-order valence-corrected chi connectivity index (χ1v) is 8.61. The van der Waals surface area contributed by atoms with Crippen LogP contribution in [0.4, 0.5) is 5.69 Å². The lowest BCUT2D eigenvalue weighted by atomic mass is 10.1. The summed E-state index contributed by atoms with van der Waals surface area (Å²) >= 11 is 0. The lowest BCUT2D eigenvalue weighted by molar-refractivity contribution is -0.120. The van der Waals surface area contributed by atoms with Crippen molar-refractivity contribution in [3.63, 3.8) is 0 Å². The number of benzene rings is 2. The van der Waals surface area contributed by atoms with Gasteiger partial charge in [0.05, 0.1) is 12.3 Å². The van der Waals surface area contributed by atoms with Crippen molar-refractivity contribution in [1.82, 2.24) is 5.32 Å². The van der Waals surface area contributed by atoms with Crippen LogP contribution in [0.3, 0.4) is 0 Å². The van der Waals surface area contributed by atoms with Crippen molar-refractivity contribution in [2.45, 2.75) is 13.3 Å². The van der Waals surface area contributed by atoms with Gasteiger partial charge in [0.1, 0.15) is 5.75 Å². The number of carbonyl (C=O) groups is 2. The van der Waals surface area contributed by atoms with Gasteiger partial charge < -0.3 is 20.2 Å². The lowest BCUT2D eigenvalue weighted by Gasteiger charge is -2.07. The Morgan fingerprint density at radius 1 is 1.19 bits per heavy atom. The van der Waals surface area contributed by atoms with E-state index in [2.05, 4.69) is 15.8 Å². The monoisotopic (exact) mass is 367 g/mol. The minimum atomic E-state index is -0.358. The fraction of sp³-hybridized carbons (Fsp3) is 0.250. The molecule has 27 heavy (non-hydrogen) atoms. The smallest absolute Gasteiger partial charge is 0.265 e. The van der Waals surface area contributed by atoms with E-state index < -0.39 is 0 Å². The van der Waals surface area contributed by atoms with Crippen molar-refractivity contribution in [2.75, 3.05) is 25.6 Å². The number of hydrogen-bond donors (Lipinski definition) is 2. The van der Waals surface area contributed by atoms with Gasteiger partial charge in [0.25, 0.3) is 11.8 Å². The fourth-order valence-electron chi connectivity index (χ4n) is 2.73. The highest BCUT2D eigenvalue weighted by Crippen LogP contribution is 2.26. The maximum Gasteiger partial charge on any atom is 0.265 e. The molecule has 2 aromatic carbocycles. The average Bonchev–Trinajstić information content (AvgIpc) is 3.15. The van der Waals surface area contributed by atoms with E-state index in [-0.39, 0.29) is 18.4 Å². The van der Waals surface area contributed by atoms with E-state index in [9.17, 15) is 9.59 Å². The van der Waals surface area contributed by atoms with Crippen molar-refractivity contribution in [3.05, 3.63) is 59.2 Å². The maximum atomic E-state index is 12.0. The number of amides is 2. The molecule has 140 valence electrons. The predicted molar refractivity (Wildman–Crippen MR) is 102 cm³/mol. The first kappa shape index (κ1) is 18.4. The van der Waals surface area contributed by atoms with Crippen molar-refractivity contribution >= 4 is 23.2 Å². The third kappa shape index (κ3) is 4.63. The summed E-state index contributed by atoms with van der Waals surface area (Å²) in [5, 5.41) is 9.23. The topological polar surface area (TPSA) is 89.0 Å². The summed E-state index contributed by atoms with van der Waals surface area (Å²) in [5.41, 5.74) is 3.74. The molecular formula is C20H21N3O4. The highest BCUT2D eigenvalue weighted by Gasteiger charge is 2.13. The summed E-state index contributed by atoms with van der Waals surface area (Å²) in [6.07, 6.45) is 0.884. The molecule has 3 rings (SSSR count). The Kier molecular flexibility index (Phi) is 5.71. The van der Waals surface area contributed by atoms with Crippen LogP contribution in [-0.2, 0) is 16.1 Å². The third-order valence-electron chi connectivity index (χ3n) is 4.14. The maximum absolute atomic E-state index is 12.0. The Labute approximate surface area is 157 Å². The van der Waals surface area contributed by atoms with E-state index in [1.165, 1.54) is 0 Å². The number of ether oxygens (including phenoxy) is 1. The first-order valence-electron chi connectivity index (χ1n) is 8.61. The largest absolute Gasteiger partial charge is 0.493 e. The number of rotatable bonds is 6. The Morgan fingerprint density at radius 3 is 2.85 bits per heavy atom. The lowest BCUT2D eigenvalue weighted by Crippen LogP contribution is -2.20. The molecule has 1 aliphatic heterocycles. The van der Waals surface area contributed by atoms with Gasteiger partial charge in [-0.25, -0.2) is 0 Å². The van der Waals surface area contributed by atoms with Crippen LogP contribution in [0.25, 0.3) is 0 Å². The molecule has 0 saturated heterocycles. The second-order valence-electron chi connectivity index (χ2n) is 6.08. The van der Waals surface area contributed by atoms with E-state index in [1.54, 1.807) is 31.3 Å². The quantitative estimate of drug-likeness (QED) is 0.606. The van der Waals surface area contributed by atoms with E-state index >= 15 is 0 Å². The standard InChI is InChI=1S/C20H21N3O4/c1-13(14-6-7-18-15(10-14)8-9-26-18)23-27-12-19(24)22-17-5-3-4-16(11-17)20(25)21-2/h3-7,10-11H,8-9,12H2,1-2H3,(H,21,25)(H,22,24)/b23-13+. The van der Waals surface area contributed by atoms with Crippen LogP contribution in [0.15, 0.2) is 47.6 Å². The molecule has 2 amide bonds. The molecule has 7 nitrogen and oxygen atoms in total. The van der Waals surface area contributed by atoms with Crippen LogP contribution in [0.5, 0.6) is 5.75 Å². The SMILES string of the molecule is CNC(=O)c1cccc(NC(=O)CO/N=C(\C)c2ccc3c(c2)CCO3)c1. The molecule has 0 unspecified atom stereocenters. The molecule has 0 radical (unpaired) electrons. The second kappa shape index (κ2) is 8.35. The normalized spacial score (nSPS) is 12.7. The van der Waals surface area contributed by atoms with Crippen molar-refractivity contribution in [3.8, 4) is 5.75 Å². The van der Waals surface area contributed by atoms with Crippen LogP contribution in [0, 0.1) is 0 Å². The molecule has 7 heteroatoms. The summed E-state index contributed by atoms with van der Waals surface area (Å²) in [6, 6.07) is 12.5. The number of oxime groups is 1. The predicted octanol–water partition coefficient (Wildman–Crippen LogP) is 2.36. The van der Waals surface area contributed by atoms with Gasteiger partial charge >= 0.3 is 0 Å². The highest BCUT2D eigenvalue weighted by molar-refractivity contribution is 5.99. The van der Waals surface area contributed by atoms with Gasteiger partial charge in [-0.3, -0.25) is 9.59 Å². The van der Waals surface area contributed by atoms with Gasteiger partial charge in [-0.2, -0.15) is 0 Å². The van der Waals surface area contributed by atoms with Gasteiger partial charge in [-0.15, -0.1) is 0 Å². The van der Waals surface area contributed by atoms with Crippen molar-refractivity contribution < 1.29 is 19.2 Å². The molecule has 0 atom stereocenters. The van der Waals surface area contributed by atoms with Gasteiger partial charge in [0, 0.05) is 24.7 Å². The molecule has 1 heterocycles. The summed E-state index contributed by atoms with van der Waals surface area (Å²) in [6.45, 7) is 2.30. The van der Waals surface area contributed by atoms with E-state index in [1.807, 2.05) is 25.1 Å². The van der Waals surface area contributed by atoms with Gasteiger partial charge in [-0.05, 0) is 54.4 Å². The molecule has 0 spiro atoms. The summed E-state index contributed by atoms with van der Waals surface area (Å²) in [5.74, 6) is 0.330. The molecule has 1 aliphatic rings. The Morgan fingerprint density at radius 2 is 2.04 bits per heavy atom. The first-order chi connectivity index (χ1) is 13.1. The third-order valence-corrected chi connectivity index (χ3v) is 4.14. The van der Waals surface area contributed by atoms with Crippen LogP contribution < -0.4 is 15.4 Å². The molecular weight excluding hydrogens is 346 g/mol. The number of hydrogen-bond acceptors (Lipinski definition) is 5. The van der Waals surface area contributed by atoms with Gasteiger partial charge in [0.2, 0.25) is 0 Å². The Balaban J connectivity index is 1.54. The number of carbonyl (C=O) groups excluding carboxylic acids is 2. The zero-order valence-corrected chi connectivity index (χ0v) is 15.2. The number of nitrogens with zero attached hydrogens (tertiary/aromatic N) is 1. The van der Waals surface area contributed by atoms with Crippen LogP contribution >= 0.6 is 0 Å². The molecule has 0 saturated carbocycles. The zero-order valence-electron chi connectivity index (χ0n) is 15.2. The second-order valence-corrected chi connectivity index (χ2v) is 6.08. The van der Waals surface area contributed by atoms with E-state index in [0.717, 1.165) is 23.3 Å². The van der Waals surface area contributed by atoms with E-state index in [0.29, 0.717) is 23.6 Å². The van der Waals surface area contributed by atoms with Crippen LogP contribution in [0.1, 0.15) is 28.4 Å². The zero-order chi connectivity index (χ0) is 19.2. The minimum absolute atomic E-state index is 0.220. The van der Waals surface area contributed by atoms with Crippen molar-refractivity contribution in [1.29, 1.82) is 0 Å². The molecule has 2 N–H and O–H groups in total. The summed E-state index contributed by atoms with van der Waals surface area (Å²) in [7, 11) is 1.55. The molecule has 2 aromatic rings. The average molecular weight is 367 g/mol. The van der Waals surface area contributed by atoms with Gasteiger partial charge in [-0.1, -0.05) is 11.2 Å². The molecule has 0 aromatic heterocycles. The molecule has 0 aliphatic carbocycles. The molecule has 0 bridgehead atoms. The van der Waals surface area contributed by atoms with Crippen LogP contribution in [0.2, 0.25) is 0 Å².